The average molecular weight is 278 g/mol. The van der Waals surface area contributed by atoms with Crippen LogP contribution in [0.15, 0.2) is 18.2 Å². The van der Waals surface area contributed by atoms with E-state index in [0.717, 1.165) is 0 Å². The number of aliphatic carboxylic acids is 1. The molecule has 0 aromatic heterocycles. The predicted octanol–water partition coefficient (Wildman–Crippen LogP) is 1.17. The Morgan fingerprint density at radius 3 is 2.59 bits per heavy atom. The molecule has 1 atom stereocenters. The number of aliphatic hydroxyl groups excluding tert-OH is 1. The first-order chi connectivity index (χ1) is 7.91. The van der Waals surface area contributed by atoms with Crippen LogP contribution in [0, 0.1) is 0 Å². The molecular formula is C10H9Cl2NO4. The molecule has 0 aliphatic carbocycles. The van der Waals surface area contributed by atoms with Crippen molar-refractivity contribution in [3.05, 3.63) is 33.8 Å². The molecule has 1 rings (SSSR count). The summed E-state index contributed by atoms with van der Waals surface area (Å²) >= 11 is 11.5. The smallest absolute Gasteiger partial charge is 0.334 e. The second-order valence-electron chi connectivity index (χ2n) is 3.19. The lowest BCUT2D eigenvalue weighted by Gasteiger charge is -2.09. The summed E-state index contributed by atoms with van der Waals surface area (Å²) in [5.74, 6) is -2.01. The van der Waals surface area contributed by atoms with E-state index in [0.29, 0.717) is 5.02 Å². The Balaban J connectivity index is 2.70. The van der Waals surface area contributed by atoms with E-state index < -0.39 is 24.5 Å². The fourth-order valence-corrected chi connectivity index (χ4v) is 1.42. The zero-order valence-electron chi connectivity index (χ0n) is 8.48. The fourth-order valence-electron chi connectivity index (χ4n) is 1.04. The van der Waals surface area contributed by atoms with Gasteiger partial charge in [-0.05, 0) is 18.2 Å². The monoisotopic (exact) mass is 277 g/mol. The van der Waals surface area contributed by atoms with Crippen molar-refractivity contribution < 1.29 is 19.8 Å². The summed E-state index contributed by atoms with van der Waals surface area (Å²) in [5, 5.41) is 20.1. The zero-order valence-corrected chi connectivity index (χ0v) is 10.00. The van der Waals surface area contributed by atoms with E-state index in [1.165, 1.54) is 18.2 Å². The van der Waals surface area contributed by atoms with Gasteiger partial charge in [0.15, 0.2) is 6.10 Å². The van der Waals surface area contributed by atoms with E-state index in [4.69, 9.17) is 33.4 Å². The number of carboxylic acid groups (broad SMARTS) is 1. The number of hydrogen-bond acceptors (Lipinski definition) is 3. The van der Waals surface area contributed by atoms with Gasteiger partial charge in [0.25, 0.3) is 5.91 Å². The standard InChI is InChI=1S/C10H9Cl2NO4/c11-5-1-2-7(12)6(3-5)9(15)13-4-8(14)10(16)17/h1-3,8,14H,4H2,(H,13,15)(H,16,17). The minimum Gasteiger partial charge on any atom is -0.479 e. The topological polar surface area (TPSA) is 86.6 Å². The molecule has 0 aliphatic heterocycles. The van der Waals surface area contributed by atoms with Gasteiger partial charge in [-0.1, -0.05) is 23.2 Å². The van der Waals surface area contributed by atoms with Crippen LogP contribution < -0.4 is 5.32 Å². The van der Waals surface area contributed by atoms with Crippen molar-refractivity contribution in [2.45, 2.75) is 6.10 Å². The van der Waals surface area contributed by atoms with E-state index >= 15 is 0 Å². The molecule has 1 amide bonds. The molecule has 1 aromatic carbocycles. The van der Waals surface area contributed by atoms with Crippen LogP contribution in [0.3, 0.4) is 0 Å². The van der Waals surface area contributed by atoms with Crippen molar-refractivity contribution in [1.82, 2.24) is 5.32 Å². The maximum absolute atomic E-state index is 11.6. The number of aliphatic hydroxyl groups is 1. The van der Waals surface area contributed by atoms with Crippen LogP contribution in [0.2, 0.25) is 10.0 Å². The summed E-state index contributed by atoms with van der Waals surface area (Å²) in [4.78, 5) is 21.9. The van der Waals surface area contributed by atoms with Crippen molar-refractivity contribution in [3.63, 3.8) is 0 Å². The third-order valence-corrected chi connectivity index (χ3v) is 2.48. The number of carbonyl (C=O) groups is 2. The number of carbonyl (C=O) groups excluding carboxylic acids is 1. The molecule has 0 fully saturated rings. The van der Waals surface area contributed by atoms with Crippen molar-refractivity contribution >= 4 is 35.1 Å². The summed E-state index contributed by atoms with van der Waals surface area (Å²) in [6.07, 6.45) is -1.66. The number of nitrogens with one attached hydrogen (secondary N) is 1. The van der Waals surface area contributed by atoms with Gasteiger partial charge in [-0.15, -0.1) is 0 Å². The van der Waals surface area contributed by atoms with Crippen molar-refractivity contribution in [2.24, 2.45) is 0 Å². The van der Waals surface area contributed by atoms with Crippen molar-refractivity contribution in [1.29, 1.82) is 0 Å². The maximum atomic E-state index is 11.6. The lowest BCUT2D eigenvalue weighted by molar-refractivity contribution is -0.146. The molecule has 7 heteroatoms. The van der Waals surface area contributed by atoms with E-state index in [9.17, 15) is 9.59 Å². The summed E-state index contributed by atoms with van der Waals surface area (Å²) in [6.45, 7) is -0.406. The molecule has 0 heterocycles. The zero-order chi connectivity index (χ0) is 13.0. The van der Waals surface area contributed by atoms with Crippen LogP contribution in [0.5, 0.6) is 0 Å². The summed E-state index contributed by atoms with van der Waals surface area (Å²) < 4.78 is 0. The highest BCUT2D eigenvalue weighted by Crippen LogP contribution is 2.20. The van der Waals surface area contributed by atoms with E-state index in [1.54, 1.807) is 0 Å². The van der Waals surface area contributed by atoms with Gasteiger partial charge in [-0.25, -0.2) is 4.79 Å². The van der Waals surface area contributed by atoms with Crippen LogP contribution in [-0.4, -0.2) is 34.7 Å². The summed E-state index contributed by atoms with van der Waals surface area (Å²) in [7, 11) is 0. The number of rotatable bonds is 4. The molecule has 17 heavy (non-hydrogen) atoms. The molecule has 0 spiro atoms. The number of hydrogen-bond donors (Lipinski definition) is 3. The van der Waals surface area contributed by atoms with Crippen LogP contribution >= 0.6 is 23.2 Å². The minimum atomic E-state index is -1.66. The molecule has 0 radical (unpaired) electrons. The lowest BCUT2D eigenvalue weighted by atomic mass is 10.2. The Bertz CT molecular complexity index is 450. The Labute approximate surface area is 107 Å². The Hall–Kier alpha value is -1.30. The van der Waals surface area contributed by atoms with Crippen LogP contribution in [0.1, 0.15) is 10.4 Å². The quantitative estimate of drug-likeness (QED) is 0.771. The van der Waals surface area contributed by atoms with E-state index in [1.807, 2.05) is 0 Å². The van der Waals surface area contributed by atoms with E-state index in [-0.39, 0.29) is 10.6 Å². The van der Waals surface area contributed by atoms with Gasteiger partial charge in [0.2, 0.25) is 0 Å². The Kier molecular flexibility index (Phi) is 4.74. The van der Waals surface area contributed by atoms with Gasteiger partial charge in [0.05, 0.1) is 17.1 Å². The SMILES string of the molecule is O=C(NCC(O)C(=O)O)c1cc(Cl)ccc1Cl. The largest absolute Gasteiger partial charge is 0.479 e. The highest BCUT2D eigenvalue weighted by molar-refractivity contribution is 6.35. The number of amides is 1. The molecule has 0 saturated heterocycles. The second kappa shape index (κ2) is 5.86. The number of carboxylic acids is 1. The third kappa shape index (κ3) is 3.89. The number of halogens is 2. The number of benzene rings is 1. The summed E-state index contributed by atoms with van der Waals surface area (Å²) in [6, 6.07) is 4.32. The molecule has 92 valence electrons. The van der Waals surface area contributed by atoms with Gasteiger partial charge in [-0.2, -0.15) is 0 Å². The molecule has 0 saturated carbocycles. The highest BCUT2D eigenvalue weighted by atomic mass is 35.5. The first-order valence-electron chi connectivity index (χ1n) is 4.56. The molecular weight excluding hydrogens is 269 g/mol. The average Bonchev–Trinajstić information content (AvgIpc) is 2.28. The van der Waals surface area contributed by atoms with Gasteiger partial charge in [-0.3, -0.25) is 4.79 Å². The van der Waals surface area contributed by atoms with Crippen LogP contribution in [0.4, 0.5) is 0 Å². The second-order valence-corrected chi connectivity index (χ2v) is 4.03. The molecule has 3 N–H and O–H groups in total. The summed E-state index contributed by atoms with van der Waals surface area (Å²) in [5.41, 5.74) is 0.122. The fraction of sp³-hybridized carbons (Fsp3) is 0.200. The molecule has 5 nitrogen and oxygen atoms in total. The van der Waals surface area contributed by atoms with E-state index in [2.05, 4.69) is 5.32 Å². The van der Waals surface area contributed by atoms with Gasteiger partial charge in [0, 0.05) is 5.02 Å². The van der Waals surface area contributed by atoms with Gasteiger partial charge >= 0.3 is 5.97 Å². The third-order valence-electron chi connectivity index (χ3n) is 1.91. The Morgan fingerprint density at radius 2 is 2.00 bits per heavy atom. The molecule has 1 unspecified atom stereocenters. The highest BCUT2D eigenvalue weighted by Gasteiger charge is 2.16. The molecule has 0 bridgehead atoms. The van der Waals surface area contributed by atoms with Gasteiger partial charge in [0.1, 0.15) is 0 Å². The van der Waals surface area contributed by atoms with Crippen LogP contribution in [-0.2, 0) is 4.79 Å². The van der Waals surface area contributed by atoms with Crippen molar-refractivity contribution in [2.75, 3.05) is 6.54 Å². The molecule has 0 aliphatic rings. The van der Waals surface area contributed by atoms with Crippen molar-refractivity contribution in [3.8, 4) is 0 Å². The predicted molar refractivity (Wildman–Crippen MR) is 62.4 cm³/mol. The maximum Gasteiger partial charge on any atom is 0.334 e. The first-order valence-corrected chi connectivity index (χ1v) is 5.31. The normalized spacial score (nSPS) is 11.9. The van der Waals surface area contributed by atoms with Crippen LogP contribution in [0.25, 0.3) is 0 Å². The lowest BCUT2D eigenvalue weighted by Crippen LogP contribution is -2.36. The Morgan fingerprint density at radius 1 is 1.35 bits per heavy atom. The minimum absolute atomic E-state index is 0.122. The van der Waals surface area contributed by atoms with Gasteiger partial charge < -0.3 is 15.5 Å². The molecule has 1 aromatic rings. The first kappa shape index (κ1) is 13.8.